The van der Waals surface area contributed by atoms with Crippen LogP contribution in [0.4, 0.5) is 0 Å². The van der Waals surface area contributed by atoms with Crippen LogP contribution >= 0.6 is 0 Å². The van der Waals surface area contributed by atoms with Gasteiger partial charge in [-0.2, -0.15) is 0 Å². The van der Waals surface area contributed by atoms with Gasteiger partial charge in [0.15, 0.2) is 0 Å². The molecule has 4 heteroatoms. The molecule has 1 heterocycles. The SMILES string of the molecule is CNC(c1ccccc1OC)c1cccc2nccnc12. The van der Waals surface area contributed by atoms with Crippen molar-refractivity contribution in [2.75, 3.05) is 14.2 Å². The minimum atomic E-state index is 0.00144. The molecule has 1 unspecified atom stereocenters. The summed E-state index contributed by atoms with van der Waals surface area (Å²) in [5.74, 6) is 0.859. The summed E-state index contributed by atoms with van der Waals surface area (Å²) in [6, 6.07) is 14.1. The summed E-state index contributed by atoms with van der Waals surface area (Å²) >= 11 is 0. The van der Waals surface area contributed by atoms with Crippen molar-refractivity contribution in [1.82, 2.24) is 15.3 Å². The molecule has 21 heavy (non-hydrogen) atoms. The van der Waals surface area contributed by atoms with Crippen molar-refractivity contribution in [2.45, 2.75) is 6.04 Å². The molecular formula is C17H17N3O. The van der Waals surface area contributed by atoms with E-state index in [0.717, 1.165) is 27.9 Å². The van der Waals surface area contributed by atoms with E-state index in [4.69, 9.17) is 4.74 Å². The van der Waals surface area contributed by atoms with Crippen molar-refractivity contribution in [2.24, 2.45) is 0 Å². The zero-order chi connectivity index (χ0) is 14.7. The first-order valence-corrected chi connectivity index (χ1v) is 6.85. The van der Waals surface area contributed by atoms with Crippen molar-refractivity contribution in [3.05, 3.63) is 66.0 Å². The Labute approximate surface area is 123 Å². The molecule has 1 N–H and O–H groups in total. The molecule has 0 saturated carbocycles. The van der Waals surface area contributed by atoms with Gasteiger partial charge in [0.25, 0.3) is 0 Å². The Balaban J connectivity index is 2.19. The number of hydrogen-bond donors (Lipinski definition) is 1. The van der Waals surface area contributed by atoms with Crippen LogP contribution in [0.2, 0.25) is 0 Å². The van der Waals surface area contributed by atoms with Crippen LogP contribution in [0.15, 0.2) is 54.9 Å². The van der Waals surface area contributed by atoms with E-state index in [1.54, 1.807) is 19.5 Å². The number of nitrogens with zero attached hydrogens (tertiary/aromatic N) is 2. The van der Waals surface area contributed by atoms with Crippen LogP contribution in [0, 0.1) is 0 Å². The molecule has 2 aromatic carbocycles. The molecule has 1 aromatic heterocycles. The second-order valence-corrected chi connectivity index (χ2v) is 4.73. The molecule has 0 bridgehead atoms. The summed E-state index contributed by atoms with van der Waals surface area (Å²) in [7, 11) is 3.63. The van der Waals surface area contributed by atoms with Crippen molar-refractivity contribution in [3.63, 3.8) is 0 Å². The second-order valence-electron chi connectivity index (χ2n) is 4.73. The highest BCUT2D eigenvalue weighted by molar-refractivity contribution is 5.78. The zero-order valence-corrected chi connectivity index (χ0v) is 12.1. The van der Waals surface area contributed by atoms with Crippen LogP contribution in [0.1, 0.15) is 17.2 Å². The molecular weight excluding hydrogens is 262 g/mol. The van der Waals surface area contributed by atoms with Gasteiger partial charge < -0.3 is 10.1 Å². The molecule has 106 valence electrons. The first kappa shape index (κ1) is 13.5. The van der Waals surface area contributed by atoms with Crippen LogP contribution < -0.4 is 10.1 Å². The lowest BCUT2D eigenvalue weighted by Crippen LogP contribution is -2.19. The van der Waals surface area contributed by atoms with E-state index in [9.17, 15) is 0 Å². The summed E-state index contributed by atoms with van der Waals surface area (Å²) < 4.78 is 5.49. The molecule has 3 aromatic rings. The Morgan fingerprint density at radius 1 is 0.952 bits per heavy atom. The van der Waals surface area contributed by atoms with Crippen molar-refractivity contribution >= 4 is 11.0 Å². The number of ether oxygens (including phenoxy) is 1. The summed E-state index contributed by atoms with van der Waals surface area (Å²) in [5.41, 5.74) is 3.98. The molecule has 0 aliphatic heterocycles. The average Bonchev–Trinajstić information content (AvgIpc) is 2.56. The topological polar surface area (TPSA) is 47.0 Å². The molecule has 4 nitrogen and oxygen atoms in total. The summed E-state index contributed by atoms with van der Waals surface area (Å²) in [4.78, 5) is 8.86. The van der Waals surface area contributed by atoms with Gasteiger partial charge in [0.1, 0.15) is 5.75 Å². The standard InChI is InChI=1S/C17H17N3O/c1-18-16(12-6-3-4-9-15(12)21-2)13-7-5-8-14-17(13)20-11-10-19-14/h3-11,16,18H,1-2H3. The third kappa shape index (κ3) is 2.45. The Hall–Kier alpha value is -2.46. The van der Waals surface area contributed by atoms with Gasteiger partial charge >= 0.3 is 0 Å². The third-order valence-corrected chi connectivity index (χ3v) is 3.58. The third-order valence-electron chi connectivity index (χ3n) is 3.58. The summed E-state index contributed by atoms with van der Waals surface area (Å²) in [6.45, 7) is 0. The maximum atomic E-state index is 5.49. The van der Waals surface area contributed by atoms with E-state index in [1.165, 1.54) is 0 Å². The summed E-state index contributed by atoms with van der Waals surface area (Å²) in [6.07, 6.45) is 3.43. The van der Waals surface area contributed by atoms with Crippen molar-refractivity contribution in [1.29, 1.82) is 0 Å². The number of rotatable bonds is 4. The minimum Gasteiger partial charge on any atom is -0.496 e. The Morgan fingerprint density at radius 2 is 1.71 bits per heavy atom. The van der Waals surface area contributed by atoms with Gasteiger partial charge in [0.2, 0.25) is 0 Å². The van der Waals surface area contributed by atoms with E-state index in [1.807, 2.05) is 37.4 Å². The van der Waals surface area contributed by atoms with Gasteiger partial charge in [-0.05, 0) is 19.2 Å². The van der Waals surface area contributed by atoms with Gasteiger partial charge in [-0.25, -0.2) is 0 Å². The van der Waals surface area contributed by atoms with Gasteiger partial charge in [0, 0.05) is 23.5 Å². The van der Waals surface area contributed by atoms with E-state index in [-0.39, 0.29) is 6.04 Å². The van der Waals surface area contributed by atoms with Crippen LogP contribution in [-0.2, 0) is 0 Å². The second kappa shape index (κ2) is 5.89. The lowest BCUT2D eigenvalue weighted by molar-refractivity contribution is 0.405. The molecule has 0 spiro atoms. The van der Waals surface area contributed by atoms with Crippen LogP contribution in [0.3, 0.4) is 0 Å². The fourth-order valence-corrected chi connectivity index (χ4v) is 2.63. The first-order chi connectivity index (χ1) is 10.3. The molecule has 1 atom stereocenters. The number of fused-ring (bicyclic) bond motifs is 1. The predicted molar refractivity (Wildman–Crippen MR) is 83.4 cm³/mol. The quantitative estimate of drug-likeness (QED) is 0.797. The Morgan fingerprint density at radius 3 is 2.52 bits per heavy atom. The van der Waals surface area contributed by atoms with Crippen LogP contribution in [-0.4, -0.2) is 24.1 Å². The lowest BCUT2D eigenvalue weighted by Gasteiger charge is -2.20. The molecule has 0 aliphatic rings. The van der Waals surface area contributed by atoms with Crippen LogP contribution in [0.5, 0.6) is 5.75 Å². The predicted octanol–water partition coefficient (Wildman–Crippen LogP) is 2.95. The van der Waals surface area contributed by atoms with E-state index >= 15 is 0 Å². The highest BCUT2D eigenvalue weighted by Gasteiger charge is 2.19. The maximum absolute atomic E-state index is 5.49. The maximum Gasteiger partial charge on any atom is 0.123 e. The molecule has 0 radical (unpaired) electrons. The first-order valence-electron chi connectivity index (χ1n) is 6.85. The van der Waals surface area contributed by atoms with Gasteiger partial charge in [-0.3, -0.25) is 9.97 Å². The highest BCUT2D eigenvalue weighted by atomic mass is 16.5. The largest absolute Gasteiger partial charge is 0.496 e. The molecule has 0 amide bonds. The molecule has 0 aliphatic carbocycles. The molecule has 0 fully saturated rings. The van der Waals surface area contributed by atoms with Gasteiger partial charge in [0.05, 0.1) is 24.2 Å². The highest BCUT2D eigenvalue weighted by Crippen LogP contribution is 2.32. The van der Waals surface area contributed by atoms with Gasteiger partial charge in [-0.15, -0.1) is 0 Å². The Kier molecular flexibility index (Phi) is 3.79. The van der Waals surface area contributed by atoms with E-state index < -0.39 is 0 Å². The minimum absolute atomic E-state index is 0.00144. The van der Waals surface area contributed by atoms with Crippen molar-refractivity contribution < 1.29 is 4.74 Å². The zero-order valence-electron chi connectivity index (χ0n) is 12.1. The number of benzene rings is 2. The fourth-order valence-electron chi connectivity index (χ4n) is 2.63. The fraction of sp³-hybridized carbons (Fsp3) is 0.176. The normalized spacial score (nSPS) is 12.3. The lowest BCUT2D eigenvalue weighted by atomic mass is 9.96. The van der Waals surface area contributed by atoms with E-state index in [2.05, 4.69) is 27.4 Å². The number of nitrogens with one attached hydrogen (secondary N) is 1. The number of methoxy groups -OCH3 is 1. The van der Waals surface area contributed by atoms with Gasteiger partial charge in [-0.1, -0.05) is 30.3 Å². The number of hydrogen-bond acceptors (Lipinski definition) is 4. The number of aromatic nitrogens is 2. The van der Waals surface area contributed by atoms with Crippen LogP contribution in [0.25, 0.3) is 11.0 Å². The Bertz CT molecular complexity index is 752. The van der Waals surface area contributed by atoms with Crippen molar-refractivity contribution in [3.8, 4) is 5.75 Å². The number of para-hydroxylation sites is 2. The monoisotopic (exact) mass is 279 g/mol. The molecule has 3 rings (SSSR count). The summed E-state index contributed by atoms with van der Waals surface area (Å²) in [5, 5.41) is 3.35. The van der Waals surface area contributed by atoms with E-state index in [0.29, 0.717) is 0 Å². The average molecular weight is 279 g/mol. The smallest absolute Gasteiger partial charge is 0.123 e. The molecule has 0 saturated heterocycles.